The Morgan fingerprint density at radius 2 is 1.76 bits per heavy atom. The Morgan fingerprint density at radius 1 is 1.00 bits per heavy atom. The Balaban J connectivity index is 1.53. The first-order valence-electron chi connectivity index (χ1n) is 11.0. The lowest BCUT2D eigenvalue weighted by molar-refractivity contribution is 0.0776. The lowest BCUT2D eigenvalue weighted by Gasteiger charge is -2.22. The number of fused-ring (bicyclic) bond motifs is 1. The van der Waals surface area contributed by atoms with Gasteiger partial charge in [0, 0.05) is 16.0 Å². The fraction of sp³-hybridized carbons (Fsp3) is 0.207. The van der Waals surface area contributed by atoms with Crippen LogP contribution in [0.5, 0.6) is 0 Å². The molecule has 0 saturated heterocycles. The smallest absolute Gasteiger partial charge is 0.0843 e. The van der Waals surface area contributed by atoms with Gasteiger partial charge < -0.3 is 5.11 Å². The quantitative estimate of drug-likeness (QED) is 0.274. The number of aryl methyl sites for hydroxylation is 1. The van der Waals surface area contributed by atoms with E-state index in [1.165, 1.54) is 0 Å². The predicted molar refractivity (Wildman–Crippen MR) is 140 cm³/mol. The third-order valence-corrected chi connectivity index (χ3v) is 6.61. The Morgan fingerprint density at radius 3 is 2.55 bits per heavy atom. The number of benzene rings is 3. The van der Waals surface area contributed by atoms with Crippen molar-refractivity contribution in [3.05, 3.63) is 118 Å². The highest BCUT2D eigenvalue weighted by atomic mass is 35.5. The number of aliphatic hydroxyl groups is 1. The van der Waals surface area contributed by atoms with Gasteiger partial charge >= 0.3 is 0 Å². The van der Waals surface area contributed by atoms with E-state index in [0.29, 0.717) is 5.02 Å². The van der Waals surface area contributed by atoms with E-state index in [4.69, 9.17) is 28.2 Å². The summed E-state index contributed by atoms with van der Waals surface area (Å²) in [5.41, 5.74) is 5.71. The number of halogens is 2. The van der Waals surface area contributed by atoms with Crippen molar-refractivity contribution in [3.8, 4) is 0 Å². The minimum absolute atomic E-state index is 0.156. The number of rotatable bonds is 7. The Labute approximate surface area is 205 Å². The second kappa shape index (κ2) is 9.69. The summed E-state index contributed by atoms with van der Waals surface area (Å²) >= 11 is 13.0. The van der Waals surface area contributed by atoms with Crippen molar-refractivity contribution in [1.29, 1.82) is 0 Å². The normalized spacial score (nSPS) is 12.6. The van der Waals surface area contributed by atoms with Crippen LogP contribution in [0.25, 0.3) is 16.5 Å². The van der Waals surface area contributed by atoms with Gasteiger partial charge in [0.05, 0.1) is 22.2 Å². The standard InChI is InChI=1S/C29H27Cl2NO/c1-19(27-16-13-21-11-14-24(30)18-28(21)32-27)22-8-6-9-23(17-22)26(31)15-12-20-7-4-5-10-25(20)29(2,3)33/h4-11,13-14,16-18,26,33H,1,12,15H2,2-3H3/t26-/m0/s1. The van der Waals surface area contributed by atoms with Crippen LogP contribution in [0.15, 0.2) is 85.4 Å². The van der Waals surface area contributed by atoms with Gasteiger partial charge in [0.1, 0.15) is 0 Å². The Bertz CT molecular complexity index is 1310. The van der Waals surface area contributed by atoms with Crippen molar-refractivity contribution in [2.75, 3.05) is 0 Å². The summed E-state index contributed by atoms with van der Waals surface area (Å²) in [7, 11) is 0. The van der Waals surface area contributed by atoms with Gasteiger partial charge in [-0.2, -0.15) is 0 Å². The molecule has 0 aliphatic rings. The highest BCUT2D eigenvalue weighted by Crippen LogP contribution is 2.32. The van der Waals surface area contributed by atoms with Crippen molar-refractivity contribution in [2.45, 2.75) is 37.7 Å². The molecule has 0 amide bonds. The topological polar surface area (TPSA) is 33.1 Å². The molecule has 168 valence electrons. The SMILES string of the molecule is C=C(c1cccc([C@@H](Cl)CCc2ccccc2C(C)(C)O)c1)c1ccc2ccc(Cl)cc2n1. The summed E-state index contributed by atoms with van der Waals surface area (Å²) in [6.07, 6.45) is 1.55. The average Bonchev–Trinajstić information content (AvgIpc) is 2.81. The third kappa shape index (κ3) is 5.47. The van der Waals surface area contributed by atoms with Crippen LogP contribution in [0.3, 0.4) is 0 Å². The fourth-order valence-electron chi connectivity index (χ4n) is 4.11. The summed E-state index contributed by atoms with van der Waals surface area (Å²) < 4.78 is 0. The van der Waals surface area contributed by atoms with Crippen molar-refractivity contribution in [3.63, 3.8) is 0 Å². The van der Waals surface area contributed by atoms with Crippen LogP contribution in [0.2, 0.25) is 5.02 Å². The molecular weight excluding hydrogens is 449 g/mol. The predicted octanol–water partition coefficient (Wildman–Crippen LogP) is 8.09. The van der Waals surface area contributed by atoms with Crippen molar-refractivity contribution >= 4 is 39.7 Å². The van der Waals surface area contributed by atoms with Gasteiger partial charge in [-0.15, -0.1) is 11.6 Å². The molecule has 4 heteroatoms. The zero-order chi connectivity index (χ0) is 23.6. The second-order valence-corrected chi connectivity index (χ2v) is 9.82. The van der Waals surface area contributed by atoms with Gasteiger partial charge in [-0.3, -0.25) is 0 Å². The zero-order valence-electron chi connectivity index (χ0n) is 18.9. The van der Waals surface area contributed by atoms with Crippen molar-refractivity contribution in [1.82, 2.24) is 4.98 Å². The maximum absolute atomic E-state index is 10.5. The van der Waals surface area contributed by atoms with Gasteiger partial charge in [0.2, 0.25) is 0 Å². The first-order valence-corrected chi connectivity index (χ1v) is 11.8. The lowest BCUT2D eigenvalue weighted by atomic mass is 9.90. The van der Waals surface area contributed by atoms with Crippen LogP contribution < -0.4 is 0 Å². The summed E-state index contributed by atoms with van der Waals surface area (Å²) in [5, 5.41) is 12.0. The van der Waals surface area contributed by atoms with Gasteiger partial charge in [-0.1, -0.05) is 72.8 Å². The maximum Gasteiger partial charge on any atom is 0.0843 e. The number of aromatic nitrogens is 1. The monoisotopic (exact) mass is 475 g/mol. The number of nitrogens with zero attached hydrogens (tertiary/aromatic N) is 1. The molecular formula is C29H27Cl2NO. The molecule has 0 aliphatic carbocycles. The summed E-state index contributed by atoms with van der Waals surface area (Å²) in [5.74, 6) is 0. The van der Waals surface area contributed by atoms with Crippen LogP contribution in [0, 0.1) is 0 Å². The van der Waals surface area contributed by atoms with Crippen LogP contribution in [0.4, 0.5) is 0 Å². The highest BCUT2D eigenvalue weighted by molar-refractivity contribution is 6.31. The summed E-state index contributed by atoms with van der Waals surface area (Å²) in [6.45, 7) is 7.92. The number of hydrogen-bond donors (Lipinski definition) is 1. The Kier molecular flexibility index (Phi) is 6.90. The molecule has 0 aliphatic heterocycles. The third-order valence-electron chi connectivity index (χ3n) is 5.90. The van der Waals surface area contributed by atoms with Crippen LogP contribution in [-0.2, 0) is 12.0 Å². The van der Waals surface area contributed by atoms with E-state index in [9.17, 15) is 5.11 Å². The number of pyridine rings is 1. The molecule has 1 heterocycles. The molecule has 0 spiro atoms. The molecule has 1 N–H and O–H groups in total. The minimum atomic E-state index is -0.882. The number of hydrogen-bond acceptors (Lipinski definition) is 2. The lowest BCUT2D eigenvalue weighted by Crippen LogP contribution is -2.18. The molecule has 2 nitrogen and oxygen atoms in total. The molecule has 1 atom stereocenters. The van der Waals surface area contributed by atoms with E-state index in [2.05, 4.69) is 18.7 Å². The highest BCUT2D eigenvalue weighted by Gasteiger charge is 2.20. The Hall–Kier alpha value is -2.65. The van der Waals surface area contributed by atoms with Crippen LogP contribution >= 0.6 is 23.2 Å². The second-order valence-electron chi connectivity index (χ2n) is 8.86. The van der Waals surface area contributed by atoms with Gasteiger partial charge in [0.15, 0.2) is 0 Å². The largest absolute Gasteiger partial charge is 0.386 e. The summed E-state index contributed by atoms with van der Waals surface area (Å²) in [6, 6.07) is 25.9. The van der Waals surface area contributed by atoms with E-state index in [-0.39, 0.29) is 5.38 Å². The molecule has 4 rings (SSSR count). The van der Waals surface area contributed by atoms with E-state index < -0.39 is 5.60 Å². The molecule has 3 aromatic carbocycles. The maximum atomic E-state index is 10.5. The minimum Gasteiger partial charge on any atom is -0.386 e. The van der Waals surface area contributed by atoms with Crippen molar-refractivity contribution < 1.29 is 5.11 Å². The molecule has 0 radical (unpaired) electrons. The van der Waals surface area contributed by atoms with Crippen LogP contribution in [-0.4, -0.2) is 10.1 Å². The molecule has 0 bridgehead atoms. The first kappa shape index (κ1) is 23.5. The molecule has 1 aromatic heterocycles. The first-order chi connectivity index (χ1) is 15.7. The fourth-order valence-corrected chi connectivity index (χ4v) is 4.52. The van der Waals surface area contributed by atoms with Crippen molar-refractivity contribution in [2.24, 2.45) is 0 Å². The van der Waals surface area contributed by atoms with Gasteiger partial charge in [-0.25, -0.2) is 4.98 Å². The molecule has 0 fully saturated rings. The number of alkyl halides is 1. The molecule has 4 aromatic rings. The van der Waals surface area contributed by atoms with Crippen LogP contribution in [0.1, 0.15) is 53.6 Å². The van der Waals surface area contributed by atoms with E-state index in [1.54, 1.807) is 0 Å². The van der Waals surface area contributed by atoms with Gasteiger partial charge in [-0.05, 0) is 73.2 Å². The molecule has 33 heavy (non-hydrogen) atoms. The van der Waals surface area contributed by atoms with E-state index in [1.807, 2.05) is 80.6 Å². The zero-order valence-corrected chi connectivity index (χ0v) is 20.4. The van der Waals surface area contributed by atoms with E-state index in [0.717, 1.165) is 57.3 Å². The van der Waals surface area contributed by atoms with E-state index >= 15 is 0 Å². The summed E-state index contributed by atoms with van der Waals surface area (Å²) in [4.78, 5) is 4.75. The average molecular weight is 476 g/mol. The molecule has 0 saturated carbocycles. The molecule has 0 unspecified atom stereocenters. The van der Waals surface area contributed by atoms with Gasteiger partial charge in [0.25, 0.3) is 0 Å².